The van der Waals surface area contributed by atoms with Crippen molar-refractivity contribution in [2.24, 2.45) is 11.7 Å². The Morgan fingerprint density at radius 3 is 3.00 bits per heavy atom. The van der Waals surface area contributed by atoms with E-state index in [0.29, 0.717) is 24.4 Å². The second kappa shape index (κ2) is 6.70. The van der Waals surface area contributed by atoms with Gasteiger partial charge in [0.1, 0.15) is 12.1 Å². The minimum Gasteiger partial charge on any atom is -0.478 e. The second-order valence-electron chi connectivity index (χ2n) is 5.13. The van der Waals surface area contributed by atoms with Crippen LogP contribution in [-0.4, -0.2) is 35.7 Å². The molecule has 2 atom stereocenters. The zero-order valence-corrected chi connectivity index (χ0v) is 11.9. The van der Waals surface area contributed by atoms with Crippen molar-refractivity contribution >= 4 is 5.82 Å². The van der Waals surface area contributed by atoms with E-state index in [1.165, 1.54) is 0 Å². The van der Waals surface area contributed by atoms with Crippen LogP contribution in [0.4, 0.5) is 5.82 Å². The van der Waals surface area contributed by atoms with E-state index < -0.39 is 0 Å². The van der Waals surface area contributed by atoms with Crippen LogP contribution in [-0.2, 0) is 0 Å². The summed E-state index contributed by atoms with van der Waals surface area (Å²) in [5, 5.41) is 0. The molecule has 1 aliphatic rings. The van der Waals surface area contributed by atoms with E-state index in [-0.39, 0.29) is 0 Å². The second-order valence-corrected chi connectivity index (χ2v) is 5.13. The molecule has 19 heavy (non-hydrogen) atoms. The average molecular weight is 264 g/mol. The van der Waals surface area contributed by atoms with Gasteiger partial charge in [-0.3, -0.25) is 0 Å². The van der Waals surface area contributed by atoms with Crippen LogP contribution in [0, 0.1) is 5.92 Å². The molecule has 1 aliphatic heterocycles. The molecular formula is C14H24N4O. The van der Waals surface area contributed by atoms with Crippen LogP contribution in [0.25, 0.3) is 0 Å². The first-order valence-electron chi connectivity index (χ1n) is 7.20. The van der Waals surface area contributed by atoms with Gasteiger partial charge in [-0.15, -0.1) is 0 Å². The number of aromatic nitrogens is 2. The third-order valence-electron chi connectivity index (χ3n) is 3.72. The van der Waals surface area contributed by atoms with Crippen LogP contribution in [0.5, 0.6) is 5.88 Å². The minimum atomic E-state index is 0.318. The number of nitrogens with two attached hydrogens (primary N) is 1. The number of rotatable bonds is 5. The Kier molecular flexibility index (Phi) is 4.96. The molecule has 2 heterocycles. The van der Waals surface area contributed by atoms with Gasteiger partial charge in [-0.1, -0.05) is 20.3 Å². The van der Waals surface area contributed by atoms with Gasteiger partial charge in [0.05, 0.1) is 6.61 Å². The summed E-state index contributed by atoms with van der Waals surface area (Å²) < 4.78 is 5.56. The smallest absolute Gasteiger partial charge is 0.218 e. The molecule has 1 saturated heterocycles. The first-order valence-corrected chi connectivity index (χ1v) is 7.20. The van der Waals surface area contributed by atoms with E-state index in [0.717, 1.165) is 38.2 Å². The zero-order valence-electron chi connectivity index (χ0n) is 11.9. The quantitative estimate of drug-likeness (QED) is 0.879. The van der Waals surface area contributed by atoms with Gasteiger partial charge in [0.15, 0.2) is 0 Å². The van der Waals surface area contributed by atoms with E-state index in [1.807, 2.05) is 6.07 Å². The van der Waals surface area contributed by atoms with Gasteiger partial charge < -0.3 is 15.4 Å². The molecule has 0 aromatic carbocycles. The molecule has 2 unspecified atom stereocenters. The highest BCUT2D eigenvalue weighted by atomic mass is 16.5. The zero-order chi connectivity index (χ0) is 13.7. The average Bonchev–Trinajstić information content (AvgIpc) is 2.46. The highest BCUT2D eigenvalue weighted by Gasteiger charge is 2.26. The summed E-state index contributed by atoms with van der Waals surface area (Å²) in [6.07, 6.45) is 4.70. The molecule has 0 bridgehead atoms. The fourth-order valence-corrected chi connectivity index (χ4v) is 2.48. The highest BCUT2D eigenvalue weighted by molar-refractivity contribution is 5.41. The fourth-order valence-electron chi connectivity index (χ4n) is 2.48. The lowest BCUT2D eigenvalue weighted by atomic mass is 9.91. The van der Waals surface area contributed by atoms with Gasteiger partial charge >= 0.3 is 0 Å². The van der Waals surface area contributed by atoms with Gasteiger partial charge in [0, 0.05) is 25.2 Å². The molecule has 1 aromatic rings. The van der Waals surface area contributed by atoms with Crippen molar-refractivity contribution in [3.63, 3.8) is 0 Å². The normalized spacial score (nSPS) is 23.4. The van der Waals surface area contributed by atoms with Gasteiger partial charge in [-0.2, -0.15) is 0 Å². The van der Waals surface area contributed by atoms with Crippen molar-refractivity contribution in [1.29, 1.82) is 0 Å². The highest BCUT2D eigenvalue weighted by Crippen LogP contribution is 2.24. The summed E-state index contributed by atoms with van der Waals surface area (Å²) in [5.41, 5.74) is 6.14. The number of ether oxygens (including phenoxy) is 1. The number of piperidine rings is 1. The van der Waals surface area contributed by atoms with E-state index in [1.54, 1.807) is 6.33 Å². The van der Waals surface area contributed by atoms with Gasteiger partial charge in [-0.05, 0) is 18.8 Å². The molecule has 0 spiro atoms. The molecule has 0 amide bonds. The van der Waals surface area contributed by atoms with Crippen molar-refractivity contribution in [2.75, 3.05) is 24.6 Å². The standard InChI is InChI=1S/C14H24N4O/c1-3-7-19-14-8-13(16-10-17-14)18-6-5-12(15)11(4-2)9-18/h8,10-12H,3-7,9,15H2,1-2H3. The topological polar surface area (TPSA) is 64.3 Å². The third kappa shape index (κ3) is 3.56. The summed E-state index contributed by atoms with van der Waals surface area (Å²) in [6, 6.07) is 2.25. The predicted octanol–water partition coefficient (Wildman–Crippen LogP) is 1.83. The molecule has 106 valence electrons. The monoisotopic (exact) mass is 264 g/mol. The Hall–Kier alpha value is -1.36. The molecule has 2 rings (SSSR count). The number of hydrogen-bond acceptors (Lipinski definition) is 5. The van der Waals surface area contributed by atoms with Crippen molar-refractivity contribution < 1.29 is 4.74 Å². The summed E-state index contributed by atoms with van der Waals surface area (Å²) in [5.74, 6) is 2.16. The molecule has 5 heteroatoms. The Bertz CT molecular complexity index is 399. The van der Waals surface area contributed by atoms with Crippen molar-refractivity contribution in [2.45, 2.75) is 39.2 Å². The Labute approximate surface area is 115 Å². The predicted molar refractivity (Wildman–Crippen MR) is 76.4 cm³/mol. The molecular weight excluding hydrogens is 240 g/mol. The van der Waals surface area contributed by atoms with Crippen LogP contribution >= 0.6 is 0 Å². The molecule has 0 saturated carbocycles. The Morgan fingerprint density at radius 1 is 1.42 bits per heavy atom. The molecule has 0 radical (unpaired) electrons. The van der Waals surface area contributed by atoms with E-state index >= 15 is 0 Å². The molecule has 1 fully saturated rings. The summed E-state index contributed by atoms with van der Waals surface area (Å²) in [4.78, 5) is 10.8. The van der Waals surface area contributed by atoms with Crippen LogP contribution in [0.15, 0.2) is 12.4 Å². The lowest BCUT2D eigenvalue weighted by Gasteiger charge is -2.37. The van der Waals surface area contributed by atoms with Gasteiger partial charge in [-0.25, -0.2) is 9.97 Å². The number of hydrogen-bond donors (Lipinski definition) is 1. The first-order chi connectivity index (χ1) is 9.24. The fraction of sp³-hybridized carbons (Fsp3) is 0.714. The lowest BCUT2D eigenvalue weighted by Crippen LogP contribution is -2.47. The molecule has 1 aromatic heterocycles. The summed E-state index contributed by atoms with van der Waals surface area (Å²) in [6.45, 7) is 6.91. The van der Waals surface area contributed by atoms with E-state index in [4.69, 9.17) is 10.5 Å². The van der Waals surface area contributed by atoms with E-state index in [2.05, 4.69) is 28.7 Å². The largest absolute Gasteiger partial charge is 0.478 e. The lowest BCUT2D eigenvalue weighted by molar-refractivity contribution is 0.304. The van der Waals surface area contributed by atoms with Crippen molar-refractivity contribution in [3.05, 3.63) is 12.4 Å². The van der Waals surface area contributed by atoms with Gasteiger partial charge in [0.25, 0.3) is 0 Å². The van der Waals surface area contributed by atoms with Crippen LogP contribution in [0.3, 0.4) is 0 Å². The summed E-state index contributed by atoms with van der Waals surface area (Å²) >= 11 is 0. The van der Waals surface area contributed by atoms with Crippen LogP contribution in [0.1, 0.15) is 33.1 Å². The van der Waals surface area contributed by atoms with Crippen LogP contribution < -0.4 is 15.4 Å². The first kappa shape index (κ1) is 14.1. The Balaban J connectivity index is 2.04. The van der Waals surface area contributed by atoms with Crippen LogP contribution in [0.2, 0.25) is 0 Å². The van der Waals surface area contributed by atoms with E-state index in [9.17, 15) is 0 Å². The minimum absolute atomic E-state index is 0.318. The maximum Gasteiger partial charge on any atom is 0.218 e. The van der Waals surface area contributed by atoms with Gasteiger partial charge in [0.2, 0.25) is 5.88 Å². The maximum absolute atomic E-state index is 6.14. The Morgan fingerprint density at radius 2 is 2.26 bits per heavy atom. The molecule has 2 N–H and O–H groups in total. The third-order valence-corrected chi connectivity index (χ3v) is 3.72. The number of anilines is 1. The maximum atomic E-state index is 6.14. The summed E-state index contributed by atoms with van der Waals surface area (Å²) in [7, 11) is 0. The number of nitrogens with zero attached hydrogens (tertiary/aromatic N) is 3. The molecule has 0 aliphatic carbocycles. The van der Waals surface area contributed by atoms with Crippen molar-refractivity contribution in [3.8, 4) is 5.88 Å². The molecule has 5 nitrogen and oxygen atoms in total. The SMILES string of the molecule is CCCOc1cc(N2CCC(N)C(CC)C2)ncn1. The van der Waals surface area contributed by atoms with Crippen molar-refractivity contribution in [1.82, 2.24) is 9.97 Å².